The quantitative estimate of drug-likeness (QED) is 0.146. The van der Waals surface area contributed by atoms with Crippen LogP contribution >= 0.6 is 0 Å². The first-order chi connectivity index (χ1) is 20.5. The summed E-state index contributed by atoms with van der Waals surface area (Å²) < 4.78 is 6.15. The summed E-state index contributed by atoms with van der Waals surface area (Å²) >= 11 is 0. The van der Waals surface area contributed by atoms with E-state index in [2.05, 4.69) is 58.6 Å². The molecule has 0 spiro atoms. The van der Waals surface area contributed by atoms with Crippen LogP contribution in [0.5, 0.6) is 0 Å². The summed E-state index contributed by atoms with van der Waals surface area (Å²) in [6.45, 7) is 20.0. The Kier molecular flexibility index (Phi) is 14.0. The first-order valence-electron chi connectivity index (χ1n) is 15.8. The van der Waals surface area contributed by atoms with E-state index in [-0.39, 0.29) is 35.1 Å². The van der Waals surface area contributed by atoms with Gasteiger partial charge in [-0.2, -0.15) is 0 Å². The Balaban J connectivity index is 1.89. The fourth-order valence-electron chi connectivity index (χ4n) is 5.89. The van der Waals surface area contributed by atoms with E-state index in [0.29, 0.717) is 24.8 Å². The lowest BCUT2D eigenvalue weighted by molar-refractivity contribution is -0.126. The van der Waals surface area contributed by atoms with Crippen LogP contribution in [-0.4, -0.2) is 34.5 Å². The van der Waals surface area contributed by atoms with Crippen molar-refractivity contribution in [2.75, 3.05) is 0 Å². The number of hydrogen-bond acceptors (Lipinski definition) is 4. The van der Waals surface area contributed by atoms with Gasteiger partial charge in [-0.05, 0) is 84.8 Å². The summed E-state index contributed by atoms with van der Waals surface area (Å²) in [5.74, 6) is 7.06. The Morgan fingerprint density at radius 2 is 1.52 bits per heavy atom. The third-order valence-electron chi connectivity index (χ3n) is 8.58. The second kappa shape index (κ2) is 16.7. The van der Waals surface area contributed by atoms with Crippen molar-refractivity contribution in [3.05, 3.63) is 94.2 Å². The Labute approximate surface area is 267 Å². The highest BCUT2D eigenvalue weighted by atomic mass is 16.5. The molecule has 2 rings (SSSR count). The van der Waals surface area contributed by atoms with Gasteiger partial charge >= 0.3 is 0 Å². The van der Waals surface area contributed by atoms with E-state index < -0.39 is 5.60 Å². The van der Waals surface area contributed by atoms with Crippen molar-refractivity contribution in [2.45, 2.75) is 119 Å². The van der Waals surface area contributed by atoms with Crippen LogP contribution in [0.3, 0.4) is 0 Å². The highest BCUT2D eigenvalue weighted by Gasteiger charge is 2.44. The Morgan fingerprint density at radius 1 is 0.932 bits per heavy atom. The van der Waals surface area contributed by atoms with E-state index >= 15 is 0 Å². The molecule has 1 heterocycles. The van der Waals surface area contributed by atoms with E-state index in [4.69, 9.17) is 4.74 Å². The minimum atomic E-state index is -0.532. The molecule has 4 heteroatoms. The molecule has 1 aliphatic carbocycles. The number of aliphatic hydroxyl groups is 1. The number of Topliss-reactive ketones (excluding diaryl/α,β-unsaturated/α-hetero) is 2. The first-order valence-corrected chi connectivity index (χ1v) is 15.8. The zero-order chi connectivity index (χ0) is 33.1. The topological polar surface area (TPSA) is 63.6 Å². The van der Waals surface area contributed by atoms with Crippen molar-refractivity contribution in [3.8, 4) is 11.8 Å². The normalized spacial score (nSPS) is 27.0. The van der Waals surface area contributed by atoms with Gasteiger partial charge in [-0.15, -0.1) is 0 Å². The van der Waals surface area contributed by atoms with Gasteiger partial charge in [0.2, 0.25) is 0 Å². The molecule has 1 N–H and O–H groups in total. The van der Waals surface area contributed by atoms with Crippen molar-refractivity contribution >= 4 is 11.6 Å². The summed E-state index contributed by atoms with van der Waals surface area (Å²) in [6.07, 6.45) is 22.6. The number of rotatable bonds is 11. The van der Waals surface area contributed by atoms with Crippen LogP contribution in [0.15, 0.2) is 94.2 Å². The third kappa shape index (κ3) is 12.0. The van der Waals surface area contributed by atoms with Crippen LogP contribution in [0.4, 0.5) is 0 Å². The van der Waals surface area contributed by atoms with Crippen molar-refractivity contribution in [3.63, 3.8) is 0 Å². The van der Waals surface area contributed by atoms with Crippen molar-refractivity contribution in [1.29, 1.82) is 0 Å². The molecule has 0 saturated carbocycles. The van der Waals surface area contributed by atoms with Crippen molar-refractivity contribution in [1.82, 2.24) is 0 Å². The van der Waals surface area contributed by atoms with Gasteiger partial charge in [-0.25, -0.2) is 0 Å². The van der Waals surface area contributed by atoms with E-state index in [1.54, 1.807) is 6.92 Å². The molecule has 1 fully saturated rings. The van der Waals surface area contributed by atoms with E-state index in [1.807, 2.05) is 76.3 Å². The summed E-state index contributed by atoms with van der Waals surface area (Å²) in [7, 11) is 0. The fraction of sp³-hybridized carbons (Fsp3) is 0.500. The standard InChI is InChI=1S/C40H54O4/c1-28(17-13-18-30(3)21-22-37-32(5)23-35(42)26-39(37,8)9)15-11-12-16-29(2)19-14-20-31(4)38(43)27-40(10)33(6)24-36(44-40)25-34(7)41/h11-20,33,35-36,42H,23-27H2,1-10H3/b12-11+,17-13+,19-14+,28-15+,29-16+,30-18+,31-20+/t33-,35-,36-,40+/m1/s1. The molecule has 44 heavy (non-hydrogen) atoms. The molecular formula is C40H54O4. The van der Waals surface area contributed by atoms with Gasteiger partial charge in [0.25, 0.3) is 0 Å². The van der Waals surface area contributed by atoms with Gasteiger partial charge in [0.1, 0.15) is 5.78 Å². The molecule has 0 radical (unpaired) electrons. The second-order valence-electron chi connectivity index (χ2n) is 13.7. The van der Waals surface area contributed by atoms with Crippen molar-refractivity contribution in [2.24, 2.45) is 11.3 Å². The lowest BCUT2D eigenvalue weighted by Crippen LogP contribution is -2.34. The monoisotopic (exact) mass is 598 g/mol. The number of allylic oxidation sites excluding steroid dienone is 15. The van der Waals surface area contributed by atoms with Gasteiger partial charge in [0.05, 0.1) is 17.8 Å². The van der Waals surface area contributed by atoms with Gasteiger partial charge in [0, 0.05) is 23.8 Å². The molecule has 0 unspecified atom stereocenters. The number of ketones is 2. The minimum absolute atomic E-state index is 0.0705. The van der Waals surface area contributed by atoms with Crippen LogP contribution in [-0.2, 0) is 14.3 Å². The molecular weight excluding hydrogens is 544 g/mol. The van der Waals surface area contributed by atoms with Crippen LogP contribution in [0.1, 0.15) is 101 Å². The number of carbonyl (C=O) groups excluding carboxylic acids is 2. The lowest BCUT2D eigenvalue weighted by Gasteiger charge is -2.34. The summed E-state index contributed by atoms with van der Waals surface area (Å²) in [5.41, 5.74) is 5.60. The fourth-order valence-corrected chi connectivity index (χ4v) is 5.89. The number of carbonyl (C=O) groups is 2. The van der Waals surface area contributed by atoms with Gasteiger partial charge in [-0.1, -0.05) is 110 Å². The van der Waals surface area contributed by atoms with Crippen LogP contribution < -0.4 is 0 Å². The molecule has 0 aromatic carbocycles. The maximum Gasteiger partial charge on any atom is 0.161 e. The number of ether oxygens (including phenoxy) is 1. The summed E-state index contributed by atoms with van der Waals surface area (Å²) in [5, 5.41) is 10.1. The molecule has 238 valence electrons. The predicted octanol–water partition coefficient (Wildman–Crippen LogP) is 9.06. The molecule has 0 bridgehead atoms. The molecule has 2 aliphatic rings. The molecule has 1 saturated heterocycles. The smallest absolute Gasteiger partial charge is 0.161 e. The van der Waals surface area contributed by atoms with E-state index in [0.717, 1.165) is 35.1 Å². The minimum Gasteiger partial charge on any atom is -0.393 e. The van der Waals surface area contributed by atoms with Crippen LogP contribution in [0.2, 0.25) is 0 Å². The Morgan fingerprint density at radius 3 is 2.09 bits per heavy atom. The Bertz CT molecular complexity index is 1380. The lowest BCUT2D eigenvalue weighted by atomic mass is 9.72. The Hall–Kier alpha value is -3.26. The first kappa shape index (κ1) is 36.9. The van der Waals surface area contributed by atoms with E-state index in [9.17, 15) is 14.7 Å². The van der Waals surface area contributed by atoms with Crippen LogP contribution in [0, 0.1) is 23.2 Å². The number of aliphatic hydroxyl groups excluding tert-OH is 1. The number of hydrogen-bond donors (Lipinski definition) is 1. The summed E-state index contributed by atoms with van der Waals surface area (Å²) in [4.78, 5) is 24.4. The zero-order valence-electron chi connectivity index (χ0n) is 28.7. The highest BCUT2D eigenvalue weighted by Crippen LogP contribution is 2.41. The molecule has 4 atom stereocenters. The third-order valence-corrected chi connectivity index (χ3v) is 8.58. The molecule has 1 aliphatic heterocycles. The van der Waals surface area contributed by atoms with Gasteiger partial charge in [0.15, 0.2) is 5.78 Å². The maximum absolute atomic E-state index is 12.9. The molecule has 4 nitrogen and oxygen atoms in total. The zero-order valence-corrected chi connectivity index (χ0v) is 28.7. The predicted molar refractivity (Wildman–Crippen MR) is 184 cm³/mol. The second-order valence-corrected chi connectivity index (χ2v) is 13.7. The average molecular weight is 599 g/mol. The molecule has 0 aromatic heterocycles. The maximum atomic E-state index is 12.9. The largest absolute Gasteiger partial charge is 0.393 e. The highest BCUT2D eigenvalue weighted by molar-refractivity contribution is 5.95. The van der Waals surface area contributed by atoms with Crippen molar-refractivity contribution < 1.29 is 19.4 Å². The molecule has 0 aromatic rings. The van der Waals surface area contributed by atoms with Gasteiger partial charge in [-0.3, -0.25) is 9.59 Å². The summed E-state index contributed by atoms with van der Waals surface area (Å²) in [6, 6.07) is 0. The SMILES string of the molecule is CC(=O)C[C@H]1C[C@@H](C)[C@](C)(CC(=O)/C(C)=C/C=C/C(C)=C/C=C/C=C(C)/C=C/C=C(\C)C#CC2=C(C)C[C@@H](O)CC2(C)C)O1. The molecule has 0 amide bonds. The van der Waals surface area contributed by atoms with Crippen LogP contribution in [0.25, 0.3) is 0 Å². The van der Waals surface area contributed by atoms with Gasteiger partial charge < -0.3 is 9.84 Å². The average Bonchev–Trinajstić information content (AvgIpc) is 3.16. The van der Waals surface area contributed by atoms with E-state index in [1.165, 1.54) is 5.57 Å².